The zero-order chi connectivity index (χ0) is 19.3. The predicted molar refractivity (Wildman–Crippen MR) is 114 cm³/mol. The van der Waals surface area contributed by atoms with Gasteiger partial charge in [0.2, 0.25) is 11.8 Å². The Morgan fingerprint density at radius 3 is 2.11 bits per heavy atom. The number of benzene rings is 3. The molecule has 2 atom stereocenters. The van der Waals surface area contributed by atoms with Crippen LogP contribution in [-0.4, -0.2) is 10.2 Å². The van der Waals surface area contributed by atoms with E-state index in [1.165, 1.54) is 5.56 Å². The number of hydrogen-bond acceptors (Lipinski definition) is 4. The van der Waals surface area contributed by atoms with Gasteiger partial charge >= 0.3 is 0 Å². The van der Waals surface area contributed by atoms with Crippen LogP contribution in [0, 0.1) is 0 Å². The van der Waals surface area contributed by atoms with E-state index >= 15 is 0 Å². The lowest BCUT2D eigenvalue weighted by Gasteiger charge is -2.21. The first-order valence-corrected chi connectivity index (χ1v) is 9.95. The second kappa shape index (κ2) is 8.50. The van der Waals surface area contributed by atoms with Gasteiger partial charge in [-0.15, -0.1) is 10.2 Å². The first-order chi connectivity index (χ1) is 13.7. The fraction of sp³-hybridized carbons (Fsp3) is 0.130. The Labute approximate surface area is 172 Å². The normalized spacial score (nSPS) is 13.2. The van der Waals surface area contributed by atoms with Crippen molar-refractivity contribution in [3.63, 3.8) is 0 Å². The van der Waals surface area contributed by atoms with Gasteiger partial charge in [-0.25, -0.2) is 0 Å². The minimum Gasteiger partial charge on any atom is -0.419 e. The van der Waals surface area contributed by atoms with E-state index in [1.807, 2.05) is 60.7 Å². The zero-order valence-electron chi connectivity index (χ0n) is 15.4. The van der Waals surface area contributed by atoms with Crippen LogP contribution in [0.5, 0.6) is 0 Å². The second-order valence-electron chi connectivity index (χ2n) is 6.60. The third-order valence-electron chi connectivity index (χ3n) is 4.63. The van der Waals surface area contributed by atoms with Gasteiger partial charge in [0.15, 0.2) is 0 Å². The minimum atomic E-state index is -0.215. The Morgan fingerprint density at radius 2 is 1.43 bits per heavy atom. The van der Waals surface area contributed by atoms with Crippen LogP contribution >= 0.6 is 15.9 Å². The molecule has 0 saturated carbocycles. The molecule has 0 aliphatic rings. The molecular weight excluding hydrogens is 414 g/mol. The Hall–Kier alpha value is -2.76. The molecule has 3 aromatic carbocycles. The van der Waals surface area contributed by atoms with Crippen molar-refractivity contribution in [3.05, 3.63) is 106 Å². The summed E-state index contributed by atoms with van der Waals surface area (Å²) in [6.45, 7) is 2.13. The summed E-state index contributed by atoms with van der Waals surface area (Å²) in [5.74, 6) is 1.07. The van der Waals surface area contributed by atoms with Crippen molar-refractivity contribution in [1.82, 2.24) is 15.5 Å². The van der Waals surface area contributed by atoms with Crippen LogP contribution in [0.1, 0.15) is 36.0 Å². The summed E-state index contributed by atoms with van der Waals surface area (Å²) in [5, 5.41) is 12.3. The Bertz CT molecular complexity index is 1020. The van der Waals surface area contributed by atoms with Crippen LogP contribution in [0.15, 0.2) is 93.8 Å². The summed E-state index contributed by atoms with van der Waals surface area (Å²) in [4.78, 5) is 0. The molecule has 0 unspecified atom stereocenters. The van der Waals surface area contributed by atoms with Crippen LogP contribution in [0.4, 0.5) is 0 Å². The lowest BCUT2D eigenvalue weighted by atomic mass is 10.0. The molecule has 4 rings (SSSR count). The average Bonchev–Trinajstić information content (AvgIpc) is 3.24. The summed E-state index contributed by atoms with van der Waals surface area (Å²) in [5.41, 5.74) is 3.17. The first-order valence-electron chi connectivity index (χ1n) is 9.16. The topological polar surface area (TPSA) is 51.0 Å². The van der Waals surface area contributed by atoms with Crippen LogP contribution in [-0.2, 0) is 0 Å². The standard InChI is InChI=1S/C23H20BrN3O/c1-16(17-8-4-2-5-9-17)25-21(18-12-14-20(24)15-13-18)23-27-26-22(28-23)19-10-6-3-7-11-19/h2-16,21,25H,1H3/t16-,21-/m0/s1. The summed E-state index contributed by atoms with van der Waals surface area (Å²) >= 11 is 3.50. The van der Waals surface area contributed by atoms with Crippen LogP contribution in [0.25, 0.3) is 11.5 Å². The van der Waals surface area contributed by atoms with Crippen molar-refractivity contribution >= 4 is 15.9 Å². The second-order valence-corrected chi connectivity index (χ2v) is 7.51. The number of nitrogens with zero attached hydrogens (tertiary/aromatic N) is 2. The number of halogens is 1. The highest BCUT2D eigenvalue weighted by Crippen LogP contribution is 2.28. The molecule has 4 nitrogen and oxygen atoms in total. The van der Waals surface area contributed by atoms with Gasteiger partial charge in [-0.1, -0.05) is 76.6 Å². The quantitative estimate of drug-likeness (QED) is 0.408. The maximum Gasteiger partial charge on any atom is 0.247 e. The molecule has 0 amide bonds. The summed E-state index contributed by atoms with van der Waals surface area (Å²) in [6, 6.07) is 28.2. The fourth-order valence-electron chi connectivity index (χ4n) is 3.10. The maximum absolute atomic E-state index is 6.06. The van der Waals surface area contributed by atoms with Crippen molar-refractivity contribution in [2.45, 2.75) is 19.0 Å². The van der Waals surface area contributed by atoms with Crippen LogP contribution < -0.4 is 5.32 Å². The molecule has 0 aliphatic carbocycles. The molecule has 0 aliphatic heterocycles. The van der Waals surface area contributed by atoms with E-state index in [4.69, 9.17) is 4.42 Å². The van der Waals surface area contributed by atoms with Crippen molar-refractivity contribution < 1.29 is 4.42 Å². The summed E-state index contributed by atoms with van der Waals surface area (Å²) in [7, 11) is 0. The molecule has 0 radical (unpaired) electrons. The smallest absolute Gasteiger partial charge is 0.247 e. The average molecular weight is 434 g/mol. The first kappa shape index (κ1) is 18.6. The molecule has 28 heavy (non-hydrogen) atoms. The molecule has 1 N–H and O–H groups in total. The summed E-state index contributed by atoms with van der Waals surface area (Å²) in [6.07, 6.45) is 0. The molecule has 0 spiro atoms. The third-order valence-corrected chi connectivity index (χ3v) is 5.16. The van der Waals surface area contributed by atoms with Crippen molar-refractivity contribution in [1.29, 1.82) is 0 Å². The van der Waals surface area contributed by atoms with E-state index in [0.29, 0.717) is 11.8 Å². The van der Waals surface area contributed by atoms with Crippen molar-refractivity contribution in [2.24, 2.45) is 0 Å². The molecule has 0 fully saturated rings. The SMILES string of the molecule is C[C@H](N[C@@H](c1ccc(Br)cc1)c1nnc(-c2ccccc2)o1)c1ccccc1. The fourth-order valence-corrected chi connectivity index (χ4v) is 3.37. The van der Waals surface area contributed by atoms with E-state index in [1.54, 1.807) is 0 Å². The molecule has 0 bridgehead atoms. The summed E-state index contributed by atoms with van der Waals surface area (Å²) < 4.78 is 7.09. The highest BCUT2D eigenvalue weighted by molar-refractivity contribution is 9.10. The number of nitrogens with one attached hydrogen (secondary N) is 1. The molecular formula is C23H20BrN3O. The Morgan fingerprint density at radius 1 is 0.786 bits per heavy atom. The Balaban J connectivity index is 1.67. The molecule has 5 heteroatoms. The molecule has 1 aromatic heterocycles. The molecule has 1 heterocycles. The third kappa shape index (κ3) is 4.21. The maximum atomic E-state index is 6.06. The van der Waals surface area contributed by atoms with Gasteiger partial charge in [0.25, 0.3) is 0 Å². The van der Waals surface area contributed by atoms with Crippen LogP contribution in [0.3, 0.4) is 0 Å². The van der Waals surface area contributed by atoms with Crippen molar-refractivity contribution in [3.8, 4) is 11.5 Å². The van der Waals surface area contributed by atoms with E-state index < -0.39 is 0 Å². The minimum absolute atomic E-state index is 0.113. The molecule has 0 saturated heterocycles. The molecule has 140 valence electrons. The van der Waals surface area contributed by atoms with E-state index in [9.17, 15) is 0 Å². The van der Waals surface area contributed by atoms with Crippen molar-refractivity contribution in [2.75, 3.05) is 0 Å². The van der Waals surface area contributed by atoms with Gasteiger partial charge in [-0.3, -0.25) is 5.32 Å². The van der Waals surface area contributed by atoms with E-state index in [0.717, 1.165) is 15.6 Å². The van der Waals surface area contributed by atoms with Crippen LogP contribution in [0.2, 0.25) is 0 Å². The van der Waals surface area contributed by atoms with Gasteiger partial charge in [-0.2, -0.15) is 0 Å². The highest BCUT2D eigenvalue weighted by Gasteiger charge is 2.23. The van der Waals surface area contributed by atoms with Gasteiger partial charge in [0.1, 0.15) is 6.04 Å². The van der Waals surface area contributed by atoms with E-state index in [-0.39, 0.29) is 12.1 Å². The van der Waals surface area contributed by atoms with Gasteiger partial charge in [0, 0.05) is 16.1 Å². The lowest BCUT2D eigenvalue weighted by Crippen LogP contribution is -2.26. The Kier molecular flexibility index (Phi) is 5.65. The number of rotatable bonds is 6. The monoisotopic (exact) mass is 433 g/mol. The number of aromatic nitrogens is 2. The zero-order valence-corrected chi connectivity index (χ0v) is 17.0. The van der Waals surface area contributed by atoms with Gasteiger partial charge in [-0.05, 0) is 42.3 Å². The van der Waals surface area contributed by atoms with Gasteiger partial charge < -0.3 is 4.42 Å². The van der Waals surface area contributed by atoms with Gasteiger partial charge in [0.05, 0.1) is 0 Å². The predicted octanol–water partition coefficient (Wildman–Crippen LogP) is 5.94. The number of hydrogen-bond donors (Lipinski definition) is 1. The highest BCUT2D eigenvalue weighted by atomic mass is 79.9. The van der Waals surface area contributed by atoms with E-state index in [2.05, 4.69) is 62.6 Å². The largest absolute Gasteiger partial charge is 0.419 e. The molecule has 4 aromatic rings. The lowest BCUT2D eigenvalue weighted by molar-refractivity contribution is 0.411.